The van der Waals surface area contributed by atoms with Crippen LogP contribution in [0.2, 0.25) is 0 Å². The molecule has 2 rings (SSSR count). The highest BCUT2D eigenvalue weighted by molar-refractivity contribution is 5.82. The van der Waals surface area contributed by atoms with Crippen molar-refractivity contribution in [2.75, 3.05) is 0 Å². The fourth-order valence-corrected chi connectivity index (χ4v) is 1.94. The SMILES string of the molecule is [CH2]C(C)C(C)Cc1ccc2ccccc2c1. The molecule has 1 radical (unpaired) electrons. The molecule has 0 nitrogen and oxygen atoms in total. The zero-order valence-corrected chi connectivity index (χ0v) is 10.1. The minimum Gasteiger partial charge on any atom is -0.0622 e. The van der Waals surface area contributed by atoms with Gasteiger partial charge >= 0.3 is 0 Å². The van der Waals surface area contributed by atoms with Crippen molar-refractivity contribution in [1.82, 2.24) is 0 Å². The second kappa shape index (κ2) is 4.69. The van der Waals surface area contributed by atoms with Crippen LogP contribution in [0.4, 0.5) is 0 Å². The molecule has 0 aliphatic heterocycles. The Bertz CT molecular complexity index is 468. The quantitative estimate of drug-likeness (QED) is 0.701. The van der Waals surface area contributed by atoms with Crippen LogP contribution in [0.3, 0.4) is 0 Å². The van der Waals surface area contributed by atoms with Gasteiger partial charge in [-0.25, -0.2) is 0 Å². The first-order valence-corrected chi connectivity index (χ1v) is 5.97. The molecular formula is C16H19. The highest BCUT2D eigenvalue weighted by atomic mass is 14.1. The molecule has 0 fully saturated rings. The molecule has 0 saturated heterocycles. The van der Waals surface area contributed by atoms with Crippen LogP contribution < -0.4 is 0 Å². The monoisotopic (exact) mass is 211 g/mol. The summed E-state index contributed by atoms with van der Waals surface area (Å²) in [5, 5.41) is 2.66. The summed E-state index contributed by atoms with van der Waals surface area (Å²) in [5.74, 6) is 1.15. The summed E-state index contributed by atoms with van der Waals surface area (Å²) in [5.41, 5.74) is 1.42. The minimum absolute atomic E-state index is 0.506. The van der Waals surface area contributed by atoms with Gasteiger partial charge < -0.3 is 0 Å². The van der Waals surface area contributed by atoms with Crippen molar-refractivity contribution in [1.29, 1.82) is 0 Å². The van der Waals surface area contributed by atoms with E-state index in [1.807, 2.05) is 0 Å². The highest BCUT2D eigenvalue weighted by Gasteiger charge is 2.08. The average molecular weight is 211 g/mol. The summed E-state index contributed by atoms with van der Waals surface area (Å²) in [7, 11) is 0. The van der Waals surface area contributed by atoms with Crippen molar-refractivity contribution in [2.24, 2.45) is 11.8 Å². The molecule has 0 bridgehead atoms. The molecule has 83 valence electrons. The molecule has 0 N–H and O–H groups in total. The molecule has 2 aromatic rings. The van der Waals surface area contributed by atoms with Gasteiger partial charge in [0.1, 0.15) is 0 Å². The molecule has 16 heavy (non-hydrogen) atoms. The molecule has 0 heterocycles. The van der Waals surface area contributed by atoms with Gasteiger partial charge in [0, 0.05) is 0 Å². The number of hydrogen-bond donors (Lipinski definition) is 0. The molecule has 2 atom stereocenters. The third-order valence-corrected chi connectivity index (χ3v) is 3.34. The first-order chi connectivity index (χ1) is 7.66. The van der Waals surface area contributed by atoms with E-state index in [2.05, 4.69) is 63.2 Å². The smallest absolute Gasteiger partial charge is 0.0181 e. The summed E-state index contributed by atoms with van der Waals surface area (Å²) in [4.78, 5) is 0. The number of rotatable bonds is 3. The Labute approximate surface area is 98.3 Å². The maximum atomic E-state index is 4.10. The molecule has 0 aromatic heterocycles. The zero-order chi connectivity index (χ0) is 11.5. The van der Waals surface area contributed by atoms with Crippen molar-refractivity contribution in [3.05, 3.63) is 55.0 Å². The largest absolute Gasteiger partial charge is 0.0622 e. The number of hydrogen-bond acceptors (Lipinski definition) is 0. The van der Waals surface area contributed by atoms with Crippen molar-refractivity contribution in [3.8, 4) is 0 Å². The van der Waals surface area contributed by atoms with Gasteiger partial charge in [-0.2, -0.15) is 0 Å². The summed E-state index contributed by atoms with van der Waals surface area (Å²) in [6, 6.07) is 15.3. The third-order valence-electron chi connectivity index (χ3n) is 3.34. The predicted molar refractivity (Wildman–Crippen MR) is 71.3 cm³/mol. The molecule has 0 aliphatic rings. The van der Waals surface area contributed by atoms with Crippen molar-refractivity contribution < 1.29 is 0 Å². The van der Waals surface area contributed by atoms with Crippen LogP contribution in [0.5, 0.6) is 0 Å². The van der Waals surface area contributed by atoms with Gasteiger partial charge in [0.25, 0.3) is 0 Å². The molecular weight excluding hydrogens is 192 g/mol. The maximum Gasteiger partial charge on any atom is -0.0181 e. The van der Waals surface area contributed by atoms with E-state index < -0.39 is 0 Å². The van der Waals surface area contributed by atoms with E-state index in [4.69, 9.17) is 0 Å². The van der Waals surface area contributed by atoms with Gasteiger partial charge in [0.2, 0.25) is 0 Å². The summed E-state index contributed by atoms with van der Waals surface area (Å²) < 4.78 is 0. The lowest BCUT2D eigenvalue weighted by atomic mass is 9.90. The lowest BCUT2D eigenvalue weighted by molar-refractivity contribution is 0.455. The molecule has 0 spiro atoms. The molecule has 0 amide bonds. The zero-order valence-electron chi connectivity index (χ0n) is 10.1. The Morgan fingerprint density at radius 2 is 1.69 bits per heavy atom. The Morgan fingerprint density at radius 1 is 1.00 bits per heavy atom. The van der Waals surface area contributed by atoms with E-state index in [0.29, 0.717) is 11.8 Å². The van der Waals surface area contributed by atoms with Gasteiger partial charge in [-0.05, 0) is 34.6 Å². The van der Waals surface area contributed by atoms with Crippen LogP contribution in [0, 0.1) is 18.8 Å². The van der Waals surface area contributed by atoms with E-state index in [1.165, 1.54) is 16.3 Å². The summed E-state index contributed by atoms with van der Waals surface area (Å²) in [6.45, 7) is 8.55. The fourth-order valence-electron chi connectivity index (χ4n) is 1.94. The van der Waals surface area contributed by atoms with E-state index in [-0.39, 0.29) is 0 Å². The third kappa shape index (κ3) is 2.44. The standard InChI is InChI=1S/C16H19/c1-12(2)13(3)10-14-8-9-15-6-4-5-7-16(15)11-14/h4-9,11-13H,1,10H2,2-3H3. The molecule has 0 heteroatoms. The van der Waals surface area contributed by atoms with Crippen LogP contribution in [0.25, 0.3) is 10.8 Å². The Hall–Kier alpha value is -1.30. The average Bonchev–Trinajstić information content (AvgIpc) is 2.28. The van der Waals surface area contributed by atoms with Gasteiger partial charge in [-0.1, -0.05) is 63.2 Å². The Morgan fingerprint density at radius 3 is 2.38 bits per heavy atom. The first kappa shape index (κ1) is 11.2. The van der Waals surface area contributed by atoms with E-state index in [0.717, 1.165) is 6.42 Å². The Kier molecular flexibility index (Phi) is 3.28. The van der Waals surface area contributed by atoms with Crippen LogP contribution in [-0.4, -0.2) is 0 Å². The fraction of sp³-hybridized carbons (Fsp3) is 0.312. The summed E-state index contributed by atoms with van der Waals surface area (Å²) in [6.07, 6.45) is 1.12. The second-order valence-corrected chi connectivity index (χ2v) is 4.84. The maximum absolute atomic E-state index is 4.10. The normalized spacial score (nSPS) is 13.2. The van der Waals surface area contributed by atoms with Crippen molar-refractivity contribution in [3.63, 3.8) is 0 Å². The molecule has 0 saturated carbocycles. The minimum atomic E-state index is 0.506. The first-order valence-electron chi connectivity index (χ1n) is 5.97. The Balaban J connectivity index is 2.26. The molecule has 2 unspecified atom stereocenters. The summed E-state index contributed by atoms with van der Waals surface area (Å²) >= 11 is 0. The van der Waals surface area contributed by atoms with Gasteiger partial charge in [0.05, 0.1) is 0 Å². The lowest BCUT2D eigenvalue weighted by Gasteiger charge is -2.15. The van der Waals surface area contributed by atoms with E-state index in [1.54, 1.807) is 0 Å². The van der Waals surface area contributed by atoms with Crippen molar-refractivity contribution in [2.45, 2.75) is 20.3 Å². The van der Waals surface area contributed by atoms with Crippen LogP contribution in [0.1, 0.15) is 19.4 Å². The van der Waals surface area contributed by atoms with Gasteiger partial charge in [-0.15, -0.1) is 0 Å². The van der Waals surface area contributed by atoms with Crippen molar-refractivity contribution >= 4 is 10.8 Å². The lowest BCUT2D eigenvalue weighted by Crippen LogP contribution is -2.07. The van der Waals surface area contributed by atoms with E-state index >= 15 is 0 Å². The predicted octanol–water partition coefficient (Wildman–Crippen LogP) is 4.49. The topological polar surface area (TPSA) is 0 Å². The van der Waals surface area contributed by atoms with Crippen LogP contribution in [-0.2, 0) is 6.42 Å². The van der Waals surface area contributed by atoms with E-state index in [9.17, 15) is 0 Å². The van der Waals surface area contributed by atoms with Crippen LogP contribution >= 0.6 is 0 Å². The van der Waals surface area contributed by atoms with Crippen LogP contribution in [0.15, 0.2) is 42.5 Å². The van der Waals surface area contributed by atoms with Gasteiger partial charge in [0.15, 0.2) is 0 Å². The highest BCUT2D eigenvalue weighted by Crippen LogP contribution is 2.20. The second-order valence-electron chi connectivity index (χ2n) is 4.84. The molecule has 2 aromatic carbocycles. The number of benzene rings is 2. The number of fused-ring (bicyclic) bond motifs is 1. The molecule has 0 aliphatic carbocycles. The van der Waals surface area contributed by atoms with Gasteiger partial charge in [-0.3, -0.25) is 0 Å².